The van der Waals surface area contributed by atoms with Gasteiger partial charge >= 0.3 is 23.9 Å². The van der Waals surface area contributed by atoms with E-state index in [2.05, 4.69) is 0 Å². The summed E-state index contributed by atoms with van der Waals surface area (Å²) < 4.78 is -1.21. The summed E-state index contributed by atoms with van der Waals surface area (Å²) in [6.45, 7) is -3.61. The van der Waals surface area contributed by atoms with Crippen molar-refractivity contribution in [1.82, 2.24) is 6.15 Å². The molecule has 8 N–H and O–H groups in total. The lowest BCUT2D eigenvalue weighted by molar-refractivity contribution is -0.923. The van der Waals surface area contributed by atoms with Crippen molar-refractivity contribution >= 4 is 23.9 Å². The Morgan fingerprint density at radius 1 is 0.810 bits per heavy atom. The standard InChI is InChI=1S/C10H15NO9.H3N/c12-2-1-6(10(19)20)11(3-7(13)14,4-8(15)16)5-9(17)18;/h6,12H,1-5H2,(H3-,13,14,15,16,17,18,19,20);1H3/p+1. The molecule has 0 spiro atoms. The summed E-state index contributed by atoms with van der Waals surface area (Å²) in [5.74, 6) is -6.16. The summed E-state index contributed by atoms with van der Waals surface area (Å²) in [4.78, 5) is 43.7. The first-order chi connectivity index (χ1) is 9.14. The van der Waals surface area contributed by atoms with Gasteiger partial charge in [0.05, 0.1) is 0 Å². The lowest BCUT2D eigenvalue weighted by Crippen LogP contribution is -2.64. The molecule has 11 heteroatoms. The molecule has 1 unspecified atom stereocenters. The van der Waals surface area contributed by atoms with Crippen LogP contribution in [0.1, 0.15) is 6.42 Å². The van der Waals surface area contributed by atoms with Gasteiger partial charge < -0.3 is 31.7 Å². The predicted molar refractivity (Wildman–Crippen MR) is 65.9 cm³/mol. The lowest BCUT2D eigenvalue weighted by Gasteiger charge is -2.38. The fraction of sp³-hybridized carbons (Fsp3) is 0.600. The second-order valence-corrected chi connectivity index (χ2v) is 4.24. The number of nitrogens with zero attached hydrogens (tertiary/aromatic N) is 1. The summed E-state index contributed by atoms with van der Waals surface area (Å²) in [5, 5.41) is 44.4. The zero-order chi connectivity index (χ0) is 15.9. The first-order valence-corrected chi connectivity index (χ1v) is 5.49. The zero-order valence-electron chi connectivity index (χ0n) is 11.1. The van der Waals surface area contributed by atoms with Gasteiger partial charge in [-0.05, 0) is 0 Å². The second kappa shape index (κ2) is 8.84. The van der Waals surface area contributed by atoms with Gasteiger partial charge in [-0.1, -0.05) is 0 Å². The van der Waals surface area contributed by atoms with E-state index in [4.69, 9.17) is 25.5 Å². The van der Waals surface area contributed by atoms with Crippen molar-refractivity contribution in [1.29, 1.82) is 0 Å². The van der Waals surface area contributed by atoms with E-state index >= 15 is 0 Å². The molecule has 21 heavy (non-hydrogen) atoms. The number of hydrogen-bond donors (Lipinski definition) is 6. The number of carbonyl (C=O) groups is 4. The predicted octanol–water partition coefficient (Wildman–Crippen LogP) is -1.95. The van der Waals surface area contributed by atoms with Crippen molar-refractivity contribution in [2.24, 2.45) is 0 Å². The van der Waals surface area contributed by atoms with Gasteiger partial charge in [0, 0.05) is 13.0 Å². The maximum absolute atomic E-state index is 11.2. The van der Waals surface area contributed by atoms with Crippen molar-refractivity contribution in [2.75, 3.05) is 26.2 Å². The van der Waals surface area contributed by atoms with Crippen molar-refractivity contribution in [3.05, 3.63) is 0 Å². The normalized spacial score (nSPS) is 12.0. The van der Waals surface area contributed by atoms with E-state index in [1.165, 1.54) is 0 Å². The molecule has 0 aromatic carbocycles. The Balaban J connectivity index is 0. The van der Waals surface area contributed by atoms with Crippen LogP contribution in [0.3, 0.4) is 0 Å². The summed E-state index contributed by atoms with van der Waals surface area (Å²) in [6, 6.07) is -1.65. The average molecular weight is 311 g/mol. The Morgan fingerprint density at radius 2 is 1.14 bits per heavy atom. The van der Waals surface area contributed by atoms with E-state index in [1.807, 2.05) is 0 Å². The van der Waals surface area contributed by atoms with Crippen LogP contribution in [0.25, 0.3) is 0 Å². The largest absolute Gasteiger partial charge is 0.477 e. The molecule has 1 atom stereocenters. The Bertz CT molecular complexity index is 369. The molecular weight excluding hydrogens is 292 g/mol. The molecule has 0 aromatic heterocycles. The van der Waals surface area contributed by atoms with E-state index in [9.17, 15) is 19.2 Å². The minimum absolute atomic E-state index is 0. The van der Waals surface area contributed by atoms with Crippen LogP contribution >= 0.6 is 0 Å². The molecule has 0 aliphatic carbocycles. The van der Waals surface area contributed by atoms with Crippen LogP contribution in [-0.2, 0) is 19.2 Å². The minimum Gasteiger partial charge on any atom is -0.477 e. The van der Waals surface area contributed by atoms with Crippen molar-refractivity contribution in [3.8, 4) is 0 Å². The smallest absolute Gasteiger partial charge is 0.362 e. The zero-order valence-corrected chi connectivity index (χ0v) is 11.1. The highest BCUT2D eigenvalue weighted by Crippen LogP contribution is 2.18. The molecule has 0 amide bonds. The molecular formula is C10H19N2O9+. The fourth-order valence-corrected chi connectivity index (χ4v) is 2.06. The quantitative estimate of drug-likeness (QED) is 0.246. The summed E-state index contributed by atoms with van der Waals surface area (Å²) in [5.41, 5.74) is 0. The molecule has 0 aromatic rings. The van der Waals surface area contributed by atoms with E-state index in [1.54, 1.807) is 0 Å². The van der Waals surface area contributed by atoms with Crippen LogP contribution in [-0.4, -0.2) is 86.2 Å². The molecule has 0 bridgehead atoms. The SMILES string of the molecule is N.O=C(O)C[N+](CC(=O)O)(CC(=O)O)C(CCO)C(=O)O. The topological polar surface area (TPSA) is 204 Å². The third kappa shape index (κ3) is 6.65. The van der Waals surface area contributed by atoms with Gasteiger partial charge in [-0.15, -0.1) is 0 Å². The van der Waals surface area contributed by atoms with Gasteiger partial charge in [0.1, 0.15) is 0 Å². The molecule has 0 heterocycles. The molecule has 0 fully saturated rings. The number of aliphatic carboxylic acids is 4. The van der Waals surface area contributed by atoms with Gasteiger partial charge in [-0.3, -0.25) is 4.48 Å². The van der Waals surface area contributed by atoms with E-state index in [-0.39, 0.29) is 6.15 Å². The highest BCUT2D eigenvalue weighted by atomic mass is 16.4. The molecule has 0 saturated heterocycles. The first kappa shape index (κ1) is 21.1. The lowest BCUT2D eigenvalue weighted by atomic mass is 10.1. The van der Waals surface area contributed by atoms with Crippen LogP contribution < -0.4 is 6.15 Å². The van der Waals surface area contributed by atoms with Crippen molar-refractivity contribution in [2.45, 2.75) is 12.5 Å². The molecule has 0 aliphatic heterocycles. The summed E-state index contributed by atoms with van der Waals surface area (Å²) >= 11 is 0. The molecule has 0 saturated carbocycles. The number of aliphatic hydroxyl groups is 1. The van der Waals surface area contributed by atoms with Gasteiger partial charge in [-0.2, -0.15) is 0 Å². The number of rotatable bonds is 10. The van der Waals surface area contributed by atoms with Crippen LogP contribution in [0.15, 0.2) is 0 Å². The number of carboxylic acids is 4. The maximum Gasteiger partial charge on any atom is 0.362 e. The molecule has 0 aliphatic rings. The van der Waals surface area contributed by atoms with Crippen molar-refractivity contribution in [3.63, 3.8) is 0 Å². The van der Waals surface area contributed by atoms with Gasteiger partial charge in [0.25, 0.3) is 0 Å². The third-order valence-corrected chi connectivity index (χ3v) is 2.70. The van der Waals surface area contributed by atoms with Crippen molar-refractivity contribution < 1.29 is 49.2 Å². The Morgan fingerprint density at radius 3 is 1.33 bits per heavy atom. The first-order valence-electron chi connectivity index (χ1n) is 5.49. The van der Waals surface area contributed by atoms with E-state index in [0.29, 0.717) is 0 Å². The second-order valence-electron chi connectivity index (χ2n) is 4.24. The number of hydrogen-bond acceptors (Lipinski definition) is 6. The Labute approximate surface area is 119 Å². The number of carboxylic acid groups (broad SMARTS) is 4. The molecule has 11 nitrogen and oxygen atoms in total. The number of aliphatic hydroxyl groups excluding tert-OH is 1. The average Bonchev–Trinajstić information content (AvgIpc) is 2.21. The monoisotopic (exact) mass is 311 g/mol. The Hall–Kier alpha value is -2.24. The minimum atomic E-state index is -1.65. The Kier molecular flexibility index (Phi) is 8.86. The summed E-state index contributed by atoms with van der Waals surface area (Å²) in [7, 11) is 0. The maximum atomic E-state index is 11.2. The van der Waals surface area contributed by atoms with Gasteiger partial charge in [-0.25, -0.2) is 19.2 Å². The van der Waals surface area contributed by atoms with Gasteiger partial charge in [0.2, 0.25) is 0 Å². The van der Waals surface area contributed by atoms with Gasteiger partial charge in [0.15, 0.2) is 25.7 Å². The van der Waals surface area contributed by atoms with Crippen LogP contribution in [0.4, 0.5) is 0 Å². The fourth-order valence-electron chi connectivity index (χ4n) is 2.06. The highest BCUT2D eigenvalue weighted by Gasteiger charge is 2.46. The van der Waals surface area contributed by atoms with Crippen LogP contribution in [0.2, 0.25) is 0 Å². The van der Waals surface area contributed by atoms with Crippen LogP contribution in [0, 0.1) is 0 Å². The highest BCUT2D eigenvalue weighted by molar-refractivity contribution is 5.77. The summed E-state index contributed by atoms with van der Waals surface area (Å²) in [6.07, 6.45) is -0.455. The third-order valence-electron chi connectivity index (χ3n) is 2.70. The number of quaternary nitrogens is 1. The molecule has 0 radical (unpaired) electrons. The van der Waals surface area contributed by atoms with E-state index in [0.717, 1.165) is 0 Å². The molecule has 122 valence electrons. The van der Waals surface area contributed by atoms with E-state index < -0.39 is 67.1 Å². The molecule has 0 rings (SSSR count). The van der Waals surface area contributed by atoms with Crippen LogP contribution in [0.5, 0.6) is 0 Å².